The van der Waals surface area contributed by atoms with Gasteiger partial charge in [0.2, 0.25) is 0 Å². The van der Waals surface area contributed by atoms with Crippen LogP contribution in [0.1, 0.15) is 11.4 Å². The van der Waals surface area contributed by atoms with Gasteiger partial charge < -0.3 is 5.73 Å². The van der Waals surface area contributed by atoms with Crippen molar-refractivity contribution in [2.24, 2.45) is 7.05 Å². The number of hydrogen-bond donors (Lipinski definition) is 1. The highest BCUT2D eigenvalue weighted by atomic mass is 15.3. The van der Waals surface area contributed by atoms with Gasteiger partial charge in [0.25, 0.3) is 0 Å². The third-order valence-corrected chi connectivity index (χ3v) is 2.52. The van der Waals surface area contributed by atoms with Crippen molar-refractivity contribution in [3.05, 3.63) is 29.6 Å². The van der Waals surface area contributed by atoms with E-state index in [0.717, 1.165) is 28.5 Å². The Balaban J connectivity index is 2.49. The van der Waals surface area contributed by atoms with Crippen LogP contribution in [0.15, 0.2) is 18.2 Å². The number of nitrogens with zero attached hydrogens (tertiary/aromatic N) is 3. The first-order valence-corrected chi connectivity index (χ1v) is 4.82. The molecular formula is C11H14N4. The van der Waals surface area contributed by atoms with E-state index in [1.807, 2.05) is 39.1 Å². The maximum absolute atomic E-state index is 5.84. The van der Waals surface area contributed by atoms with E-state index in [9.17, 15) is 0 Å². The van der Waals surface area contributed by atoms with Crippen molar-refractivity contribution in [3.8, 4) is 11.4 Å². The second-order valence-corrected chi connectivity index (χ2v) is 3.68. The van der Waals surface area contributed by atoms with E-state index in [4.69, 9.17) is 5.73 Å². The fourth-order valence-corrected chi connectivity index (χ4v) is 1.36. The van der Waals surface area contributed by atoms with Gasteiger partial charge in [-0.05, 0) is 25.5 Å². The van der Waals surface area contributed by atoms with Crippen LogP contribution in [0, 0.1) is 13.8 Å². The Labute approximate surface area is 88.8 Å². The molecule has 1 heterocycles. The molecule has 0 aliphatic carbocycles. The molecule has 0 amide bonds. The number of nitrogen functional groups attached to an aromatic ring is 1. The Morgan fingerprint density at radius 2 is 2.00 bits per heavy atom. The van der Waals surface area contributed by atoms with Crippen molar-refractivity contribution < 1.29 is 0 Å². The van der Waals surface area contributed by atoms with Crippen LogP contribution in [-0.2, 0) is 7.05 Å². The minimum absolute atomic E-state index is 0.724. The number of aromatic nitrogens is 3. The Morgan fingerprint density at radius 1 is 1.27 bits per heavy atom. The van der Waals surface area contributed by atoms with E-state index in [-0.39, 0.29) is 0 Å². The van der Waals surface area contributed by atoms with Crippen molar-refractivity contribution >= 4 is 5.69 Å². The van der Waals surface area contributed by atoms with E-state index >= 15 is 0 Å². The molecule has 15 heavy (non-hydrogen) atoms. The zero-order chi connectivity index (χ0) is 11.0. The molecule has 0 unspecified atom stereocenters. The van der Waals surface area contributed by atoms with Crippen molar-refractivity contribution in [1.29, 1.82) is 0 Å². The molecule has 2 rings (SSSR count). The second-order valence-electron chi connectivity index (χ2n) is 3.68. The van der Waals surface area contributed by atoms with Gasteiger partial charge in [-0.25, -0.2) is 4.98 Å². The van der Waals surface area contributed by atoms with Crippen LogP contribution in [-0.4, -0.2) is 14.8 Å². The topological polar surface area (TPSA) is 56.7 Å². The van der Waals surface area contributed by atoms with E-state index in [1.165, 1.54) is 0 Å². The smallest absolute Gasteiger partial charge is 0.181 e. The number of nitrogens with two attached hydrogens (primary N) is 1. The third kappa shape index (κ3) is 1.70. The summed E-state index contributed by atoms with van der Waals surface area (Å²) in [5, 5.41) is 4.30. The van der Waals surface area contributed by atoms with Crippen LogP contribution in [0.5, 0.6) is 0 Å². The predicted molar refractivity (Wildman–Crippen MR) is 60.3 cm³/mol. The lowest BCUT2D eigenvalue weighted by atomic mass is 10.1. The molecule has 0 aliphatic heterocycles. The van der Waals surface area contributed by atoms with Crippen molar-refractivity contribution in [2.75, 3.05) is 5.73 Å². The molecule has 2 N–H and O–H groups in total. The van der Waals surface area contributed by atoms with Gasteiger partial charge in [-0.15, -0.1) is 0 Å². The summed E-state index contributed by atoms with van der Waals surface area (Å²) in [6.45, 7) is 3.91. The molecule has 2 aromatic rings. The van der Waals surface area contributed by atoms with E-state index in [2.05, 4.69) is 10.1 Å². The van der Waals surface area contributed by atoms with Gasteiger partial charge in [0.1, 0.15) is 5.82 Å². The summed E-state index contributed by atoms with van der Waals surface area (Å²) in [6, 6.07) is 5.88. The standard InChI is InChI=1S/C11H14N4/c1-7-4-5-9(6-10(7)12)11-13-8(2)15(3)14-11/h4-6H,12H2,1-3H3. The molecule has 1 aromatic carbocycles. The SMILES string of the molecule is Cc1ccc(-c2nc(C)n(C)n2)cc1N. The number of hydrogen-bond acceptors (Lipinski definition) is 3. The average molecular weight is 202 g/mol. The largest absolute Gasteiger partial charge is 0.398 e. The molecular weight excluding hydrogens is 188 g/mol. The highest BCUT2D eigenvalue weighted by molar-refractivity contribution is 5.63. The second kappa shape index (κ2) is 3.38. The van der Waals surface area contributed by atoms with Gasteiger partial charge in [0, 0.05) is 18.3 Å². The lowest BCUT2D eigenvalue weighted by Gasteiger charge is -2.01. The first kappa shape index (κ1) is 9.71. The fourth-order valence-electron chi connectivity index (χ4n) is 1.36. The minimum Gasteiger partial charge on any atom is -0.398 e. The highest BCUT2D eigenvalue weighted by Gasteiger charge is 2.06. The van der Waals surface area contributed by atoms with Gasteiger partial charge in [0.15, 0.2) is 5.82 Å². The lowest BCUT2D eigenvalue weighted by molar-refractivity contribution is 0.736. The van der Waals surface area contributed by atoms with E-state index in [1.54, 1.807) is 4.68 Å². The number of benzene rings is 1. The van der Waals surface area contributed by atoms with Crippen LogP contribution in [0.2, 0.25) is 0 Å². The first-order valence-electron chi connectivity index (χ1n) is 4.82. The Bertz CT molecular complexity index is 480. The van der Waals surface area contributed by atoms with Crippen LogP contribution in [0.3, 0.4) is 0 Å². The van der Waals surface area contributed by atoms with Crippen LogP contribution in [0.25, 0.3) is 11.4 Å². The summed E-state index contributed by atoms with van der Waals surface area (Å²) in [5.74, 6) is 1.62. The summed E-state index contributed by atoms with van der Waals surface area (Å²) >= 11 is 0. The zero-order valence-electron chi connectivity index (χ0n) is 9.15. The summed E-state index contributed by atoms with van der Waals surface area (Å²) < 4.78 is 1.76. The normalized spacial score (nSPS) is 10.6. The average Bonchev–Trinajstić information content (AvgIpc) is 2.52. The monoisotopic (exact) mass is 202 g/mol. The molecule has 1 aromatic heterocycles. The maximum atomic E-state index is 5.84. The van der Waals surface area contributed by atoms with Gasteiger partial charge in [-0.3, -0.25) is 4.68 Å². The molecule has 0 saturated heterocycles. The summed E-state index contributed by atoms with van der Waals surface area (Å²) in [5.41, 5.74) is 8.65. The molecule has 4 heteroatoms. The fraction of sp³-hybridized carbons (Fsp3) is 0.273. The number of aryl methyl sites for hydroxylation is 3. The molecule has 0 saturated carbocycles. The summed E-state index contributed by atoms with van der Waals surface area (Å²) in [4.78, 5) is 4.35. The highest BCUT2D eigenvalue weighted by Crippen LogP contribution is 2.20. The van der Waals surface area contributed by atoms with Crippen molar-refractivity contribution in [2.45, 2.75) is 13.8 Å². The predicted octanol–water partition coefficient (Wildman–Crippen LogP) is 1.68. The minimum atomic E-state index is 0.724. The Morgan fingerprint density at radius 3 is 2.53 bits per heavy atom. The zero-order valence-corrected chi connectivity index (χ0v) is 9.15. The van der Waals surface area contributed by atoms with Gasteiger partial charge in [0.05, 0.1) is 0 Å². The Kier molecular flexibility index (Phi) is 2.19. The van der Waals surface area contributed by atoms with Crippen LogP contribution < -0.4 is 5.73 Å². The van der Waals surface area contributed by atoms with Gasteiger partial charge in [-0.1, -0.05) is 12.1 Å². The molecule has 0 aliphatic rings. The van der Waals surface area contributed by atoms with Gasteiger partial charge >= 0.3 is 0 Å². The van der Waals surface area contributed by atoms with Crippen molar-refractivity contribution in [1.82, 2.24) is 14.8 Å². The summed E-state index contributed by atoms with van der Waals surface area (Å²) in [7, 11) is 1.88. The number of rotatable bonds is 1. The third-order valence-electron chi connectivity index (χ3n) is 2.52. The summed E-state index contributed by atoms with van der Waals surface area (Å²) in [6.07, 6.45) is 0. The maximum Gasteiger partial charge on any atom is 0.181 e. The van der Waals surface area contributed by atoms with E-state index in [0.29, 0.717) is 0 Å². The van der Waals surface area contributed by atoms with Crippen molar-refractivity contribution in [3.63, 3.8) is 0 Å². The lowest BCUT2D eigenvalue weighted by Crippen LogP contribution is -1.93. The molecule has 4 nitrogen and oxygen atoms in total. The molecule has 0 spiro atoms. The molecule has 0 radical (unpaired) electrons. The van der Waals surface area contributed by atoms with Crippen LogP contribution in [0.4, 0.5) is 5.69 Å². The molecule has 78 valence electrons. The Hall–Kier alpha value is -1.84. The molecule has 0 atom stereocenters. The first-order chi connectivity index (χ1) is 7.08. The molecule has 0 bridgehead atoms. The van der Waals surface area contributed by atoms with Gasteiger partial charge in [-0.2, -0.15) is 5.10 Å². The quantitative estimate of drug-likeness (QED) is 0.716. The van der Waals surface area contributed by atoms with E-state index < -0.39 is 0 Å². The molecule has 0 fully saturated rings. The number of anilines is 1. The van der Waals surface area contributed by atoms with Crippen LogP contribution >= 0.6 is 0 Å².